The van der Waals surface area contributed by atoms with Crippen molar-refractivity contribution in [3.63, 3.8) is 0 Å². The number of carbonyl (C=O) groups is 1. The van der Waals surface area contributed by atoms with Crippen LogP contribution in [0.1, 0.15) is 15.9 Å². The smallest absolute Gasteiger partial charge is 0.422 e. The quantitative estimate of drug-likeness (QED) is 0.496. The van der Waals surface area contributed by atoms with Crippen molar-refractivity contribution in [2.24, 2.45) is 0 Å². The number of halogens is 5. The highest BCUT2D eigenvalue weighted by Gasteiger charge is 2.28. The molecule has 0 aliphatic rings. The number of ether oxygens (including phenoxy) is 1. The molecule has 1 heterocycles. The zero-order valence-electron chi connectivity index (χ0n) is 14.7. The van der Waals surface area contributed by atoms with E-state index in [1.54, 1.807) is 16.9 Å². The van der Waals surface area contributed by atoms with Gasteiger partial charge in [-0.15, -0.1) is 0 Å². The van der Waals surface area contributed by atoms with Crippen molar-refractivity contribution in [2.75, 3.05) is 11.9 Å². The molecule has 2 aromatic carbocycles. The summed E-state index contributed by atoms with van der Waals surface area (Å²) >= 11 is 9.48. The summed E-state index contributed by atoms with van der Waals surface area (Å²) in [6, 6.07) is 12.8. The van der Waals surface area contributed by atoms with E-state index in [4.69, 9.17) is 11.6 Å². The standard InChI is InChI=1S/C19H14BrClF3N3O2/c20-15-10-27(9-13-4-1-2-7-16(13)21)26-17(15)25-18(28)12-5-3-6-14(8-12)29-11-19(22,23)24/h1-8,10H,9,11H2,(H,25,26,28). The Labute approximate surface area is 177 Å². The van der Waals surface area contributed by atoms with Gasteiger partial charge in [-0.2, -0.15) is 18.3 Å². The molecule has 10 heteroatoms. The average Bonchev–Trinajstić information content (AvgIpc) is 3.00. The van der Waals surface area contributed by atoms with Crippen LogP contribution in [0.3, 0.4) is 0 Å². The van der Waals surface area contributed by atoms with Crippen LogP contribution in [0.15, 0.2) is 59.2 Å². The number of anilines is 1. The van der Waals surface area contributed by atoms with Crippen LogP contribution in [0, 0.1) is 0 Å². The van der Waals surface area contributed by atoms with Gasteiger partial charge in [0.1, 0.15) is 5.75 Å². The van der Waals surface area contributed by atoms with Crippen LogP contribution < -0.4 is 10.1 Å². The molecule has 0 aliphatic carbocycles. The van der Waals surface area contributed by atoms with Gasteiger partial charge in [-0.3, -0.25) is 9.48 Å². The van der Waals surface area contributed by atoms with Crippen molar-refractivity contribution < 1.29 is 22.7 Å². The summed E-state index contributed by atoms with van der Waals surface area (Å²) in [6.07, 6.45) is -2.78. The first-order chi connectivity index (χ1) is 13.7. The molecule has 1 aromatic heterocycles. The summed E-state index contributed by atoms with van der Waals surface area (Å²) in [5, 5.41) is 7.52. The zero-order chi connectivity index (χ0) is 21.0. The lowest BCUT2D eigenvalue weighted by atomic mass is 10.2. The van der Waals surface area contributed by atoms with Gasteiger partial charge in [0, 0.05) is 16.8 Å². The Morgan fingerprint density at radius 3 is 2.69 bits per heavy atom. The number of hydrogen-bond acceptors (Lipinski definition) is 3. The number of hydrogen-bond donors (Lipinski definition) is 1. The predicted molar refractivity (Wildman–Crippen MR) is 106 cm³/mol. The predicted octanol–water partition coefficient (Wildman–Crippen LogP) is 5.54. The van der Waals surface area contributed by atoms with E-state index in [1.807, 2.05) is 18.2 Å². The molecule has 0 fully saturated rings. The van der Waals surface area contributed by atoms with Gasteiger partial charge in [0.05, 0.1) is 11.0 Å². The monoisotopic (exact) mass is 487 g/mol. The first kappa shape index (κ1) is 21.2. The first-order valence-corrected chi connectivity index (χ1v) is 9.46. The van der Waals surface area contributed by atoms with Crippen LogP contribution in [-0.4, -0.2) is 28.5 Å². The summed E-state index contributed by atoms with van der Waals surface area (Å²) in [4.78, 5) is 12.5. The molecule has 0 aliphatic heterocycles. The third-order valence-electron chi connectivity index (χ3n) is 3.74. The third-order valence-corrected chi connectivity index (χ3v) is 4.69. The molecular weight excluding hydrogens is 475 g/mol. The van der Waals surface area contributed by atoms with E-state index in [0.29, 0.717) is 16.0 Å². The number of nitrogens with zero attached hydrogens (tertiary/aromatic N) is 2. The maximum absolute atomic E-state index is 12.5. The molecule has 1 N–H and O–H groups in total. The number of benzene rings is 2. The molecule has 0 saturated carbocycles. The molecular formula is C19H14BrClF3N3O2. The fourth-order valence-electron chi connectivity index (χ4n) is 2.44. The number of rotatable bonds is 6. The maximum Gasteiger partial charge on any atom is 0.422 e. The highest BCUT2D eigenvalue weighted by molar-refractivity contribution is 9.10. The van der Waals surface area contributed by atoms with E-state index in [0.717, 1.165) is 5.56 Å². The number of alkyl halides is 3. The number of aromatic nitrogens is 2. The van der Waals surface area contributed by atoms with Crippen LogP contribution >= 0.6 is 27.5 Å². The Kier molecular flexibility index (Phi) is 6.49. The fraction of sp³-hybridized carbons (Fsp3) is 0.158. The minimum atomic E-state index is -4.46. The van der Waals surface area contributed by atoms with E-state index in [9.17, 15) is 18.0 Å². The summed E-state index contributed by atoms with van der Waals surface area (Å²) < 4.78 is 43.7. The lowest BCUT2D eigenvalue weighted by Gasteiger charge is -2.10. The molecule has 1 amide bonds. The number of nitrogens with one attached hydrogen (secondary N) is 1. The highest BCUT2D eigenvalue weighted by atomic mass is 79.9. The average molecular weight is 489 g/mol. The Morgan fingerprint density at radius 2 is 1.97 bits per heavy atom. The van der Waals surface area contributed by atoms with Crippen molar-refractivity contribution in [3.8, 4) is 5.75 Å². The Balaban J connectivity index is 1.69. The molecule has 3 rings (SSSR count). The van der Waals surface area contributed by atoms with Gasteiger partial charge in [0.15, 0.2) is 12.4 Å². The Morgan fingerprint density at radius 1 is 1.21 bits per heavy atom. The van der Waals surface area contributed by atoms with E-state index < -0.39 is 18.7 Å². The first-order valence-electron chi connectivity index (χ1n) is 8.28. The van der Waals surface area contributed by atoms with Gasteiger partial charge in [-0.1, -0.05) is 35.9 Å². The van der Waals surface area contributed by atoms with Crippen LogP contribution in [0.4, 0.5) is 19.0 Å². The largest absolute Gasteiger partial charge is 0.484 e. The fourth-order valence-corrected chi connectivity index (χ4v) is 3.05. The summed E-state index contributed by atoms with van der Waals surface area (Å²) in [5.74, 6) is -0.326. The minimum Gasteiger partial charge on any atom is -0.484 e. The van der Waals surface area contributed by atoms with Crippen LogP contribution in [0.5, 0.6) is 5.75 Å². The molecule has 0 spiro atoms. The van der Waals surface area contributed by atoms with E-state index in [-0.39, 0.29) is 17.1 Å². The van der Waals surface area contributed by atoms with E-state index in [1.165, 1.54) is 24.3 Å². The molecule has 0 saturated heterocycles. The molecule has 152 valence electrons. The number of carbonyl (C=O) groups excluding carboxylic acids is 1. The molecule has 0 bridgehead atoms. The lowest BCUT2D eigenvalue weighted by Crippen LogP contribution is -2.19. The molecule has 0 atom stereocenters. The van der Waals surface area contributed by atoms with Crippen molar-refractivity contribution in [1.82, 2.24) is 9.78 Å². The van der Waals surface area contributed by atoms with Crippen molar-refractivity contribution in [1.29, 1.82) is 0 Å². The van der Waals surface area contributed by atoms with Crippen molar-refractivity contribution >= 4 is 39.3 Å². The van der Waals surface area contributed by atoms with Gasteiger partial charge < -0.3 is 10.1 Å². The van der Waals surface area contributed by atoms with Crippen LogP contribution in [0.25, 0.3) is 0 Å². The molecule has 3 aromatic rings. The van der Waals surface area contributed by atoms with Gasteiger partial charge in [-0.05, 0) is 45.8 Å². The minimum absolute atomic E-state index is 0.0571. The Hall–Kier alpha value is -2.52. The highest BCUT2D eigenvalue weighted by Crippen LogP contribution is 2.24. The zero-order valence-corrected chi connectivity index (χ0v) is 17.1. The molecule has 0 radical (unpaired) electrons. The lowest BCUT2D eigenvalue weighted by molar-refractivity contribution is -0.153. The summed E-state index contributed by atoms with van der Waals surface area (Å²) in [7, 11) is 0. The summed E-state index contributed by atoms with van der Waals surface area (Å²) in [6.45, 7) is -1.04. The van der Waals surface area contributed by atoms with Crippen LogP contribution in [0.2, 0.25) is 5.02 Å². The Bertz CT molecular complexity index is 1020. The second-order valence-corrected chi connectivity index (χ2v) is 7.26. The second kappa shape index (κ2) is 8.87. The van der Waals surface area contributed by atoms with Crippen molar-refractivity contribution in [2.45, 2.75) is 12.7 Å². The van der Waals surface area contributed by atoms with E-state index >= 15 is 0 Å². The molecule has 29 heavy (non-hydrogen) atoms. The van der Waals surface area contributed by atoms with Crippen LogP contribution in [-0.2, 0) is 6.54 Å². The van der Waals surface area contributed by atoms with E-state index in [2.05, 4.69) is 31.1 Å². The third kappa shape index (κ3) is 5.98. The van der Waals surface area contributed by atoms with Crippen molar-refractivity contribution in [3.05, 3.63) is 75.4 Å². The van der Waals surface area contributed by atoms with Gasteiger partial charge in [-0.25, -0.2) is 0 Å². The normalized spacial score (nSPS) is 11.3. The molecule has 5 nitrogen and oxygen atoms in total. The van der Waals surface area contributed by atoms with Gasteiger partial charge >= 0.3 is 6.18 Å². The maximum atomic E-state index is 12.5. The SMILES string of the molecule is O=C(Nc1nn(Cc2ccccc2Cl)cc1Br)c1cccc(OCC(F)(F)F)c1. The van der Waals surface area contributed by atoms with Gasteiger partial charge in [0.2, 0.25) is 0 Å². The second-order valence-electron chi connectivity index (χ2n) is 6.00. The van der Waals surface area contributed by atoms with Gasteiger partial charge in [0.25, 0.3) is 5.91 Å². The molecule has 0 unspecified atom stereocenters. The summed E-state index contributed by atoms with van der Waals surface area (Å²) in [5.41, 5.74) is 0.994. The topological polar surface area (TPSA) is 56.2 Å². The number of amides is 1.